The van der Waals surface area contributed by atoms with Crippen molar-refractivity contribution >= 4 is 45.9 Å². The number of nitrogens with zero attached hydrogens (tertiary/aromatic N) is 3. The van der Waals surface area contributed by atoms with Crippen LogP contribution >= 0.6 is 22.7 Å². The minimum absolute atomic E-state index is 0.0717. The number of anilines is 2. The maximum absolute atomic E-state index is 12.6. The van der Waals surface area contributed by atoms with Crippen molar-refractivity contribution in [2.24, 2.45) is 0 Å². The van der Waals surface area contributed by atoms with Gasteiger partial charge in [0.15, 0.2) is 0 Å². The van der Waals surface area contributed by atoms with Crippen molar-refractivity contribution in [2.45, 2.75) is 39.8 Å². The molecule has 0 spiro atoms. The average molecular weight is 461 g/mol. The fourth-order valence-corrected chi connectivity index (χ4v) is 4.62. The first-order valence-corrected chi connectivity index (χ1v) is 11.5. The van der Waals surface area contributed by atoms with E-state index in [4.69, 9.17) is 0 Å². The molecule has 0 saturated carbocycles. The number of amides is 2. The first kappa shape index (κ1) is 22.7. The predicted molar refractivity (Wildman–Crippen MR) is 124 cm³/mol. The van der Waals surface area contributed by atoms with E-state index in [9.17, 15) is 19.2 Å². The topological polar surface area (TPSA) is 93.4 Å². The first-order chi connectivity index (χ1) is 14.8. The van der Waals surface area contributed by atoms with Crippen molar-refractivity contribution in [3.05, 3.63) is 65.7 Å². The van der Waals surface area contributed by atoms with Gasteiger partial charge in [-0.2, -0.15) is 0 Å². The molecule has 0 aliphatic heterocycles. The van der Waals surface area contributed by atoms with Crippen molar-refractivity contribution in [1.29, 1.82) is 0 Å². The fourth-order valence-electron chi connectivity index (χ4n) is 3.10. The van der Waals surface area contributed by atoms with Crippen LogP contribution in [-0.4, -0.2) is 28.0 Å². The molecular weight excluding hydrogens is 436 g/mol. The van der Waals surface area contributed by atoms with Gasteiger partial charge in [0, 0.05) is 66.5 Å². The van der Waals surface area contributed by atoms with Gasteiger partial charge in [-0.15, -0.1) is 0 Å². The van der Waals surface area contributed by atoms with Gasteiger partial charge in [0.1, 0.15) is 0 Å². The highest BCUT2D eigenvalue weighted by atomic mass is 32.1. The van der Waals surface area contributed by atoms with Gasteiger partial charge in [-0.3, -0.25) is 19.2 Å². The Morgan fingerprint density at radius 3 is 2.10 bits per heavy atom. The van der Waals surface area contributed by atoms with Gasteiger partial charge in [-0.1, -0.05) is 28.7 Å². The third kappa shape index (κ3) is 5.59. The lowest BCUT2D eigenvalue weighted by atomic mass is 10.2. The Labute approximate surface area is 187 Å². The zero-order valence-electron chi connectivity index (χ0n) is 17.6. The highest BCUT2D eigenvalue weighted by Gasteiger charge is 2.14. The van der Waals surface area contributed by atoms with Crippen LogP contribution in [0.15, 0.2) is 44.6 Å². The molecule has 0 bridgehead atoms. The number of carbonyl (C=O) groups excluding carboxylic acids is 2. The summed E-state index contributed by atoms with van der Waals surface area (Å²) in [7, 11) is 1.66. The molecule has 3 rings (SSSR count). The largest absolute Gasteiger partial charge is 0.326 e. The van der Waals surface area contributed by atoms with Crippen molar-refractivity contribution in [1.82, 2.24) is 9.13 Å². The summed E-state index contributed by atoms with van der Waals surface area (Å²) in [6.45, 7) is 4.32. The monoisotopic (exact) mass is 460 g/mol. The molecule has 164 valence electrons. The quantitative estimate of drug-likeness (QED) is 0.559. The number of carbonyl (C=O) groups is 2. The summed E-state index contributed by atoms with van der Waals surface area (Å²) in [4.78, 5) is 49.8. The zero-order chi connectivity index (χ0) is 22.5. The van der Waals surface area contributed by atoms with Crippen LogP contribution in [0.3, 0.4) is 0 Å². The maximum atomic E-state index is 12.6. The van der Waals surface area contributed by atoms with Gasteiger partial charge >= 0.3 is 9.75 Å². The maximum Gasteiger partial charge on any atom is 0.307 e. The van der Waals surface area contributed by atoms with E-state index in [0.29, 0.717) is 24.5 Å². The minimum atomic E-state index is -0.212. The second-order valence-electron chi connectivity index (χ2n) is 7.14. The molecule has 2 aromatic heterocycles. The van der Waals surface area contributed by atoms with Crippen molar-refractivity contribution in [2.75, 3.05) is 17.3 Å². The molecule has 0 saturated heterocycles. The SMILES string of the molecule is Cc1csc(=O)n1CCC(=O)Nc1cccc(N(C)C(=O)CCn2c(C)csc2=O)c1. The Hall–Kier alpha value is -2.98. The first-order valence-electron chi connectivity index (χ1n) is 9.72. The Balaban J connectivity index is 1.58. The Morgan fingerprint density at radius 1 is 0.968 bits per heavy atom. The standard InChI is InChI=1S/C21H24N4O4S2/c1-14-12-30-20(28)24(14)9-7-18(26)22-16-5-4-6-17(11-16)23(3)19(27)8-10-25-15(2)13-31-21(25)29/h4-6,11-13H,7-10H2,1-3H3,(H,22,26). The van der Waals surface area contributed by atoms with Crippen LogP contribution in [0.1, 0.15) is 24.2 Å². The van der Waals surface area contributed by atoms with Crippen LogP contribution in [0.4, 0.5) is 11.4 Å². The number of hydrogen-bond donors (Lipinski definition) is 1. The second kappa shape index (κ2) is 9.88. The van der Waals surface area contributed by atoms with Crippen molar-refractivity contribution in [3.63, 3.8) is 0 Å². The van der Waals surface area contributed by atoms with E-state index in [1.165, 1.54) is 4.90 Å². The van der Waals surface area contributed by atoms with E-state index in [1.807, 2.05) is 13.8 Å². The number of aromatic nitrogens is 2. The van der Waals surface area contributed by atoms with Crippen molar-refractivity contribution < 1.29 is 9.59 Å². The highest BCUT2D eigenvalue weighted by Crippen LogP contribution is 2.19. The molecule has 2 amide bonds. The third-order valence-electron chi connectivity index (χ3n) is 4.96. The van der Waals surface area contributed by atoms with E-state index in [2.05, 4.69) is 5.32 Å². The van der Waals surface area contributed by atoms with Crippen LogP contribution in [0.25, 0.3) is 0 Å². The van der Waals surface area contributed by atoms with E-state index in [0.717, 1.165) is 34.1 Å². The highest BCUT2D eigenvalue weighted by molar-refractivity contribution is 7.07. The van der Waals surface area contributed by atoms with Gasteiger partial charge < -0.3 is 19.4 Å². The third-order valence-corrected chi connectivity index (χ3v) is 6.72. The number of thiazole rings is 2. The summed E-state index contributed by atoms with van der Waals surface area (Å²) < 4.78 is 3.17. The molecule has 1 N–H and O–H groups in total. The molecule has 1 aromatic carbocycles. The average Bonchev–Trinajstić information content (AvgIpc) is 3.24. The van der Waals surface area contributed by atoms with Gasteiger partial charge in [0.05, 0.1) is 0 Å². The van der Waals surface area contributed by atoms with E-state index in [1.54, 1.807) is 51.2 Å². The van der Waals surface area contributed by atoms with E-state index in [-0.39, 0.29) is 34.4 Å². The normalized spacial score (nSPS) is 10.8. The predicted octanol–water partition coefficient (Wildman–Crippen LogP) is 2.83. The summed E-state index contributed by atoms with van der Waals surface area (Å²) in [5.74, 6) is -0.343. The minimum Gasteiger partial charge on any atom is -0.326 e. The number of nitrogens with one attached hydrogen (secondary N) is 1. The molecule has 3 aromatic rings. The molecule has 0 atom stereocenters. The molecule has 0 aliphatic carbocycles. The molecule has 10 heteroatoms. The zero-order valence-corrected chi connectivity index (χ0v) is 19.2. The lowest BCUT2D eigenvalue weighted by Gasteiger charge is -2.18. The number of rotatable bonds is 8. The lowest BCUT2D eigenvalue weighted by molar-refractivity contribution is -0.118. The van der Waals surface area contributed by atoms with E-state index < -0.39 is 0 Å². The molecule has 0 unspecified atom stereocenters. The lowest BCUT2D eigenvalue weighted by Crippen LogP contribution is -2.28. The summed E-state index contributed by atoms with van der Waals surface area (Å²) in [5.41, 5.74) is 2.89. The number of benzene rings is 1. The van der Waals surface area contributed by atoms with Crippen LogP contribution in [0.5, 0.6) is 0 Å². The van der Waals surface area contributed by atoms with Gasteiger partial charge in [0.2, 0.25) is 11.8 Å². The van der Waals surface area contributed by atoms with Crippen LogP contribution in [0, 0.1) is 13.8 Å². The van der Waals surface area contributed by atoms with Crippen LogP contribution < -0.4 is 20.0 Å². The Bertz CT molecular complexity index is 1200. The summed E-state index contributed by atoms with van der Waals surface area (Å²) in [6.07, 6.45) is 0.366. The molecule has 0 aliphatic rings. The van der Waals surface area contributed by atoms with Crippen LogP contribution in [-0.2, 0) is 22.7 Å². The number of hydrogen-bond acceptors (Lipinski definition) is 6. The molecule has 8 nitrogen and oxygen atoms in total. The van der Waals surface area contributed by atoms with Gasteiger partial charge in [-0.25, -0.2) is 0 Å². The van der Waals surface area contributed by atoms with Gasteiger partial charge in [0.25, 0.3) is 0 Å². The second-order valence-corrected chi connectivity index (χ2v) is 8.78. The molecule has 31 heavy (non-hydrogen) atoms. The Kier molecular flexibility index (Phi) is 7.24. The Morgan fingerprint density at radius 2 is 1.55 bits per heavy atom. The van der Waals surface area contributed by atoms with Crippen LogP contribution in [0.2, 0.25) is 0 Å². The summed E-state index contributed by atoms with van der Waals surface area (Å²) >= 11 is 2.24. The molecule has 2 heterocycles. The number of aryl methyl sites for hydroxylation is 2. The molecule has 0 fully saturated rings. The fraction of sp³-hybridized carbons (Fsp3) is 0.333. The summed E-state index contributed by atoms with van der Waals surface area (Å²) in [6, 6.07) is 7.01. The van der Waals surface area contributed by atoms with Gasteiger partial charge in [-0.05, 0) is 32.0 Å². The van der Waals surface area contributed by atoms with E-state index >= 15 is 0 Å². The van der Waals surface area contributed by atoms with Crippen molar-refractivity contribution in [3.8, 4) is 0 Å². The molecule has 0 radical (unpaired) electrons. The molecular formula is C21H24N4O4S2. The summed E-state index contributed by atoms with van der Waals surface area (Å²) in [5, 5.41) is 6.36. The smallest absolute Gasteiger partial charge is 0.307 e.